The number of nitrogens with zero attached hydrogens (tertiary/aromatic N) is 4. The van der Waals surface area contributed by atoms with Crippen molar-refractivity contribution in [2.75, 3.05) is 0 Å². The number of aromatic amines is 2. The fraction of sp³-hybridized carbons (Fsp3) is 0. The molecule has 136 valence electrons. The van der Waals surface area contributed by atoms with Gasteiger partial charge in [0.25, 0.3) is 0 Å². The van der Waals surface area contributed by atoms with Crippen LogP contribution in [-0.2, 0) is 0 Å². The Morgan fingerprint density at radius 1 is 0.679 bits per heavy atom. The summed E-state index contributed by atoms with van der Waals surface area (Å²) in [6.07, 6.45) is 2.93. The van der Waals surface area contributed by atoms with Gasteiger partial charge in [-0.1, -0.05) is 24.3 Å². The highest BCUT2D eigenvalue weighted by Crippen LogP contribution is 2.39. The van der Waals surface area contributed by atoms with Crippen LogP contribution < -0.4 is 0 Å². The van der Waals surface area contributed by atoms with Crippen LogP contribution in [0.3, 0.4) is 0 Å². The SMILES string of the molecule is O=C1c2cccc(Sc3nc[nH]n3)c2C(=O)c2cccc(Sc3nc[nH]n3)c21. The van der Waals surface area contributed by atoms with E-state index in [2.05, 4.69) is 30.4 Å². The van der Waals surface area contributed by atoms with Gasteiger partial charge in [-0.2, -0.15) is 0 Å². The molecule has 10 heteroatoms. The smallest absolute Gasteiger partial charge is 0.212 e. The molecule has 0 saturated carbocycles. The maximum absolute atomic E-state index is 13.3. The minimum Gasteiger partial charge on any atom is -0.289 e. The first-order chi connectivity index (χ1) is 13.7. The van der Waals surface area contributed by atoms with E-state index in [0.717, 1.165) is 0 Å². The van der Waals surface area contributed by atoms with Gasteiger partial charge in [0.2, 0.25) is 10.3 Å². The van der Waals surface area contributed by atoms with Gasteiger partial charge in [0.15, 0.2) is 11.6 Å². The molecule has 0 fully saturated rings. The van der Waals surface area contributed by atoms with Crippen molar-refractivity contribution in [3.05, 3.63) is 71.3 Å². The molecule has 0 atom stereocenters. The second-order valence-electron chi connectivity index (χ2n) is 5.78. The van der Waals surface area contributed by atoms with Crippen LogP contribution in [0.25, 0.3) is 0 Å². The second-order valence-corrected chi connectivity index (χ2v) is 7.80. The number of carbonyl (C=O) groups excluding carboxylic acids is 2. The minimum atomic E-state index is -0.194. The summed E-state index contributed by atoms with van der Waals surface area (Å²) in [6.45, 7) is 0. The Bertz CT molecular complexity index is 1110. The first-order valence-electron chi connectivity index (χ1n) is 8.15. The molecule has 0 saturated heterocycles. The predicted molar refractivity (Wildman–Crippen MR) is 101 cm³/mol. The van der Waals surface area contributed by atoms with Crippen LogP contribution >= 0.6 is 23.5 Å². The second kappa shape index (κ2) is 6.73. The van der Waals surface area contributed by atoms with Crippen LogP contribution in [0.4, 0.5) is 0 Å². The Morgan fingerprint density at radius 2 is 1.14 bits per heavy atom. The third-order valence-corrected chi connectivity index (χ3v) is 6.06. The largest absolute Gasteiger partial charge is 0.289 e. The number of nitrogens with one attached hydrogen (secondary N) is 2. The van der Waals surface area contributed by atoms with Crippen LogP contribution in [0.5, 0.6) is 0 Å². The number of rotatable bonds is 4. The third-order valence-electron chi connectivity index (χ3n) is 4.18. The summed E-state index contributed by atoms with van der Waals surface area (Å²) in [5.41, 5.74) is 1.52. The summed E-state index contributed by atoms with van der Waals surface area (Å²) in [5.74, 6) is -0.388. The topological polar surface area (TPSA) is 117 Å². The third kappa shape index (κ3) is 2.74. The van der Waals surface area contributed by atoms with Gasteiger partial charge in [0, 0.05) is 32.0 Å². The minimum absolute atomic E-state index is 0.194. The molecule has 8 nitrogen and oxygen atoms in total. The molecular formula is C18H10N6O2S2. The zero-order valence-electron chi connectivity index (χ0n) is 14.0. The van der Waals surface area contributed by atoms with E-state index in [1.807, 2.05) is 0 Å². The van der Waals surface area contributed by atoms with Crippen molar-refractivity contribution in [1.82, 2.24) is 30.4 Å². The van der Waals surface area contributed by atoms with E-state index in [9.17, 15) is 9.59 Å². The first kappa shape index (κ1) is 16.9. The molecule has 4 aromatic rings. The summed E-state index contributed by atoms with van der Waals surface area (Å²) in [4.78, 5) is 36.1. The van der Waals surface area contributed by atoms with E-state index in [4.69, 9.17) is 0 Å². The van der Waals surface area contributed by atoms with E-state index in [1.54, 1.807) is 36.4 Å². The van der Waals surface area contributed by atoms with E-state index in [1.165, 1.54) is 36.2 Å². The van der Waals surface area contributed by atoms with Gasteiger partial charge in [0.1, 0.15) is 12.7 Å². The van der Waals surface area contributed by atoms with Crippen LogP contribution in [0.1, 0.15) is 31.8 Å². The number of hydrogen-bond acceptors (Lipinski definition) is 8. The van der Waals surface area contributed by atoms with Crippen LogP contribution in [0.15, 0.2) is 69.2 Å². The summed E-state index contributed by atoms with van der Waals surface area (Å²) in [7, 11) is 0. The summed E-state index contributed by atoms with van der Waals surface area (Å²) >= 11 is 2.48. The highest BCUT2D eigenvalue weighted by molar-refractivity contribution is 7.99. The molecular weight excluding hydrogens is 396 g/mol. The summed E-state index contributed by atoms with van der Waals surface area (Å²) in [5, 5.41) is 14.3. The summed E-state index contributed by atoms with van der Waals surface area (Å²) < 4.78 is 0. The molecule has 2 N–H and O–H groups in total. The Hall–Kier alpha value is -3.24. The molecule has 0 spiro atoms. The van der Waals surface area contributed by atoms with Crippen molar-refractivity contribution in [2.24, 2.45) is 0 Å². The molecule has 2 heterocycles. The monoisotopic (exact) mass is 406 g/mol. The number of fused-ring (bicyclic) bond motifs is 2. The van der Waals surface area contributed by atoms with Crippen molar-refractivity contribution in [3.8, 4) is 0 Å². The van der Waals surface area contributed by atoms with Crippen LogP contribution in [0, 0.1) is 0 Å². The number of hydrogen-bond donors (Lipinski definition) is 2. The quantitative estimate of drug-likeness (QED) is 0.468. The molecule has 0 bridgehead atoms. The van der Waals surface area contributed by atoms with Gasteiger partial charge in [0.05, 0.1) is 0 Å². The number of aromatic nitrogens is 6. The highest BCUT2D eigenvalue weighted by atomic mass is 32.2. The zero-order valence-corrected chi connectivity index (χ0v) is 15.7. The van der Waals surface area contributed by atoms with Crippen molar-refractivity contribution in [3.63, 3.8) is 0 Å². The van der Waals surface area contributed by atoms with Crippen LogP contribution in [-0.4, -0.2) is 41.9 Å². The Morgan fingerprint density at radius 3 is 1.54 bits per heavy atom. The maximum atomic E-state index is 13.3. The number of ketones is 2. The highest BCUT2D eigenvalue weighted by Gasteiger charge is 2.34. The Labute approximate surface area is 166 Å². The summed E-state index contributed by atoms with van der Waals surface area (Å²) in [6, 6.07) is 10.5. The molecule has 5 rings (SSSR count). The molecule has 1 aliphatic carbocycles. The molecule has 1 aliphatic rings. The van der Waals surface area contributed by atoms with Gasteiger partial charge >= 0.3 is 0 Å². The van der Waals surface area contributed by atoms with Crippen molar-refractivity contribution < 1.29 is 9.59 Å². The average molecular weight is 406 g/mol. The van der Waals surface area contributed by atoms with Gasteiger partial charge in [-0.25, -0.2) is 9.97 Å². The molecule has 2 aromatic heterocycles. The van der Waals surface area contributed by atoms with Crippen molar-refractivity contribution in [1.29, 1.82) is 0 Å². The van der Waals surface area contributed by atoms with Gasteiger partial charge in [-0.3, -0.25) is 19.8 Å². The van der Waals surface area contributed by atoms with Crippen molar-refractivity contribution in [2.45, 2.75) is 20.1 Å². The van der Waals surface area contributed by atoms with E-state index >= 15 is 0 Å². The first-order valence-corrected chi connectivity index (χ1v) is 9.78. The normalized spacial score (nSPS) is 12.7. The fourth-order valence-electron chi connectivity index (χ4n) is 3.04. The number of carbonyl (C=O) groups is 2. The lowest BCUT2D eigenvalue weighted by atomic mass is 9.84. The van der Waals surface area contributed by atoms with E-state index in [-0.39, 0.29) is 11.6 Å². The molecule has 0 aliphatic heterocycles. The number of benzene rings is 2. The standard InChI is InChI=1S/C18H10N6O2S2/c25-15-9-3-1-5-11(27-17-19-7-21-23-17)13(9)16(26)10-4-2-6-12(14(10)15)28-18-20-8-22-24-18/h1-8H,(H,19,21,23)(H,20,22,24). The van der Waals surface area contributed by atoms with Gasteiger partial charge in [-0.15, -0.1) is 10.2 Å². The fourth-order valence-corrected chi connectivity index (χ4v) is 4.74. The molecule has 28 heavy (non-hydrogen) atoms. The van der Waals surface area contributed by atoms with Crippen molar-refractivity contribution >= 4 is 35.1 Å². The lowest BCUT2D eigenvalue weighted by Crippen LogP contribution is -2.22. The molecule has 0 radical (unpaired) electrons. The average Bonchev–Trinajstić information content (AvgIpc) is 3.40. The zero-order chi connectivity index (χ0) is 19.1. The predicted octanol–water partition coefficient (Wildman–Crippen LogP) is 3.00. The maximum Gasteiger partial charge on any atom is 0.212 e. The van der Waals surface area contributed by atoms with E-state index in [0.29, 0.717) is 42.4 Å². The van der Waals surface area contributed by atoms with Crippen LogP contribution in [0.2, 0.25) is 0 Å². The van der Waals surface area contributed by atoms with Gasteiger partial charge < -0.3 is 0 Å². The number of H-pyrrole nitrogens is 2. The molecule has 2 aromatic carbocycles. The molecule has 0 unspecified atom stereocenters. The lowest BCUT2D eigenvalue weighted by Gasteiger charge is -2.21. The molecule has 0 amide bonds. The lowest BCUT2D eigenvalue weighted by molar-refractivity contribution is 0.0974. The Kier molecular flexibility index (Phi) is 4.06. The van der Waals surface area contributed by atoms with Gasteiger partial charge in [-0.05, 0) is 35.7 Å². The van der Waals surface area contributed by atoms with E-state index < -0.39 is 0 Å². The Balaban J connectivity index is 1.62.